The molecule has 4 aromatic rings. The number of nitrogens with zero attached hydrogens (tertiary/aromatic N) is 5. The molecule has 1 aliphatic heterocycles. The van der Waals surface area contributed by atoms with E-state index < -0.39 is 0 Å². The lowest BCUT2D eigenvalue weighted by Gasteiger charge is -2.23. The van der Waals surface area contributed by atoms with E-state index in [9.17, 15) is 10.1 Å². The highest BCUT2D eigenvalue weighted by atomic mass is 32.1. The lowest BCUT2D eigenvalue weighted by molar-refractivity contribution is 0.0772. The van der Waals surface area contributed by atoms with Gasteiger partial charge in [0.1, 0.15) is 21.8 Å². The first kappa shape index (κ1) is 21.8. The Hall–Kier alpha value is -4.02. The van der Waals surface area contributed by atoms with Crippen LogP contribution in [0.3, 0.4) is 0 Å². The largest absolute Gasteiger partial charge is 0.354 e. The standard InChI is InChI=1S/C27H23N5OS/c28-19-22-13-7-14-29-25(22)31-15-8-16-32(18-17-31)27(33)24-23(20-9-3-1-4-10-20)30-26(34-24)21-11-5-2-6-12-21/h1-7,9-14H,8,15-18H2. The van der Waals surface area contributed by atoms with Crippen molar-refractivity contribution in [2.45, 2.75) is 6.42 Å². The molecule has 6 nitrogen and oxygen atoms in total. The van der Waals surface area contributed by atoms with Crippen molar-refractivity contribution in [2.75, 3.05) is 31.1 Å². The first-order valence-corrected chi connectivity index (χ1v) is 12.1. The van der Waals surface area contributed by atoms with Gasteiger partial charge in [-0.2, -0.15) is 5.26 Å². The zero-order valence-corrected chi connectivity index (χ0v) is 19.4. The third kappa shape index (κ3) is 4.41. The van der Waals surface area contributed by atoms with E-state index in [2.05, 4.69) is 16.0 Å². The molecule has 34 heavy (non-hydrogen) atoms. The molecule has 1 fully saturated rings. The van der Waals surface area contributed by atoms with Crippen LogP contribution in [-0.2, 0) is 0 Å². The highest BCUT2D eigenvalue weighted by molar-refractivity contribution is 7.17. The van der Waals surface area contributed by atoms with Crippen LogP contribution >= 0.6 is 11.3 Å². The van der Waals surface area contributed by atoms with E-state index in [1.165, 1.54) is 11.3 Å². The van der Waals surface area contributed by atoms with Gasteiger partial charge in [-0.3, -0.25) is 4.79 Å². The lowest BCUT2D eigenvalue weighted by atomic mass is 10.1. The Kier molecular flexibility index (Phi) is 6.32. The summed E-state index contributed by atoms with van der Waals surface area (Å²) in [6.07, 6.45) is 2.51. The second kappa shape index (κ2) is 9.86. The molecule has 0 spiro atoms. The maximum absolute atomic E-state index is 13.8. The summed E-state index contributed by atoms with van der Waals surface area (Å²) in [4.78, 5) is 27.8. The first-order chi connectivity index (χ1) is 16.7. The summed E-state index contributed by atoms with van der Waals surface area (Å²) in [5, 5.41) is 10.3. The van der Waals surface area contributed by atoms with Crippen molar-refractivity contribution in [2.24, 2.45) is 0 Å². The summed E-state index contributed by atoms with van der Waals surface area (Å²) in [6, 6.07) is 25.6. The van der Waals surface area contributed by atoms with Crippen molar-refractivity contribution in [3.8, 4) is 27.9 Å². The summed E-state index contributed by atoms with van der Waals surface area (Å²) in [5.74, 6) is 0.690. The van der Waals surface area contributed by atoms with Crippen LogP contribution in [0, 0.1) is 11.3 Å². The number of benzene rings is 2. The number of hydrogen-bond acceptors (Lipinski definition) is 6. The summed E-state index contributed by atoms with van der Waals surface area (Å²) in [6.45, 7) is 2.59. The number of pyridine rings is 1. The average Bonchev–Trinajstić information content (AvgIpc) is 3.21. The number of nitriles is 1. The summed E-state index contributed by atoms with van der Waals surface area (Å²) < 4.78 is 0. The normalized spacial score (nSPS) is 13.9. The van der Waals surface area contributed by atoms with Crippen molar-refractivity contribution in [3.05, 3.63) is 89.4 Å². The minimum Gasteiger partial charge on any atom is -0.354 e. The monoisotopic (exact) mass is 465 g/mol. The van der Waals surface area contributed by atoms with E-state index in [1.807, 2.05) is 65.6 Å². The van der Waals surface area contributed by atoms with Gasteiger partial charge in [-0.1, -0.05) is 60.7 Å². The second-order valence-corrected chi connectivity index (χ2v) is 9.05. The maximum Gasteiger partial charge on any atom is 0.266 e. The summed E-state index contributed by atoms with van der Waals surface area (Å²) >= 11 is 1.45. The Bertz CT molecular complexity index is 1330. The number of amides is 1. The molecule has 0 atom stereocenters. The third-order valence-electron chi connectivity index (χ3n) is 5.88. The van der Waals surface area contributed by atoms with Gasteiger partial charge in [0, 0.05) is 43.5 Å². The molecular weight excluding hydrogens is 442 g/mol. The van der Waals surface area contributed by atoms with E-state index in [-0.39, 0.29) is 5.91 Å². The van der Waals surface area contributed by atoms with Crippen LogP contribution in [0.2, 0.25) is 0 Å². The summed E-state index contributed by atoms with van der Waals surface area (Å²) in [7, 11) is 0. The first-order valence-electron chi connectivity index (χ1n) is 11.3. The Morgan fingerprint density at radius 3 is 2.35 bits per heavy atom. The average molecular weight is 466 g/mol. The van der Waals surface area contributed by atoms with E-state index >= 15 is 0 Å². The van der Waals surface area contributed by atoms with Gasteiger partial charge in [0.2, 0.25) is 0 Å². The Balaban J connectivity index is 1.44. The molecule has 2 aromatic heterocycles. The van der Waals surface area contributed by atoms with Crippen LogP contribution in [0.25, 0.3) is 21.8 Å². The molecule has 0 unspecified atom stereocenters. The Morgan fingerprint density at radius 2 is 1.62 bits per heavy atom. The molecule has 0 aliphatic carbocycles. The second-order valence-electron chi connectivity index (χ2n) is 8.05. The zero-order chi connectivity index (χ0) is 23.3. The van der Waals surface area contributed by atoms with Crippen LogP contribution in [0.4, 0.5) is 5.82 Å². The van der Waals surface area contributed by atoms with Gasteiger partial charge in [-0.05, 0) is 18.6 Å². The van der Waals surface area contributed by atoms with Gasteiger partial charge >= 0.3 is 0 Å². The highest BCUT2D eigenvalue weighted by Gasteiger charge is 2.27. The molecule has 2 aromatic carbocycles. The third-order valence-corrected chi connectivity index (χ3v) is 6.97. The number of thiazole rings is 1. The van der Waals surface area contributed by atoms with Crippen LogP contribution < -0.4 is 4.90 Å². The minimum absolute atomic E-state index is 0.00177. The molecule has 168 valence electrons. The fourth-order valence-corrected chi connectivity index (χ4v) is 5.23. The van der Waals surface area contributed by atoms with Gasteiger partial charge in [-0.15, -0.1) is 11.3 Å². The van der Waals surface area contributed by atoms with E-state index in [4.69, 9.17) is 4.98 Å². The Morgan fingerprint density at radius 1 is 0.882 bits per heavy atom. The molecular formula is C27H23N5OS. The minimum atomic E-state index is 0.00177. The summed E-state index contributed by atoms with van der Waals surface area (Å²) in [5.41, 5.74) is 3.23. The zero-order valence-electron chi connectivity index (χ0n) is 18.6. The van der Waals surface area contributed by atoms with Crippen molar-refractivity contribution < 1.29 is 4.79 Å². The molecule has 0 bridgehead atoms. The fourth-order valence-electron chi connectivity index (χ4n) is 4.17. The molecule has 1 aliphatic rings. The molecule has 0 saturated carbocycles. The van der Waals surface area contributed by atoms with Crippen LogP contribution in [0.5, 0.6) is 0 Å². The SMILES string of the molecule is N#Cc1cccnc1N1CCCN(C(=O)c2sc(-c3ccccc3)nc2-c2ccccc2)CC1. The number of aromatic nitrogens is 2. The van der Waals surface area contributed by atoms with Gasteiger partial charge < -0.3 is 9.80 Å². The van der Waals surface area contributed by atoms with Crippen LogP contribution in [-0.4, -0.2) is 47.0 Å². The Labute approximate surface area is 202 Å². The molecule has 7 heteroatoms. The number of anilines is 1. The molecule has 5 rings (SSSR count). The maximum atomic E-state index is 13.8. The fraction of sp³-hybridized carbons (Fsp3) is 0.185. The van der Waals surface area contributed by atoms with Gasteiger partial charge in [0.15, 0.2) is 0 Å². The van der Waals surface area contributed by atoms with Crippen molar-refractivity contribution in [1.82, 2.24) is 14.9 Å². The topological polar surface area (TPSA) is 73.1 Å². The number of hydrogen-bond donors (Lipinski definition) is 0. The quantitative estimate of drug-likeness (QED) is 0.419. The van der Waals surface area contributed by atoms with Gasteiger partial charge in [0.25, 0.3) is 5.91 Å². The van der Waals surface area contributed by atoms with Gasteiger partial charge in [-0.25, -0.2) is 9.97 Å². The van der Waals surface area contributed by atoms with Crippen molar-refractivity contribution >= 4 is 23.1 Å². The molecule has 0 N–H and O–H groups in total. The molecule has 0 radical (unpaired) electrons. The smallest absolute Gasteiger partial charge is 0.266 e. The number of carbonyl (C=O) groups is 1. The number of rotatable bonds is 4. The lowest BCUT2D eigenvalue weighted by Crippen LogP contribution is -2.35. The number of carbonyl (C=O) groups excluding carboxylic acids is 1. The van der Waals surface area contributed by atoms with E-state index in [0.29, 0.717) is 35.9 Å². The highest BCUT2D eigenvalue weighted by Crippen LogP contribution is 2.35. The van der Waals surface area contributed by atoms with Crippen LogP contribution in [0.15, 0.2) is 79.0 Å². The van der Waals surface area contributed by atoms with Gasteiger partial charge in [0.05, 0.1) is 11.3 Å². The molecule has 1 amide bonds. The van der Waals surface area contributed by atoms with Crippen molar-refractivity contribution in [1.29, 1.82) is 5.26 Å². The molecule has 1 saturated heterocycles. The molecule has 3 heterocycles. The van der Waals surface area contributed by atoms with E-state index in [1.54, 1.807) is 18.3 Å². The predicted octanol–water partition coefficient (Wildman–Crippen LogP) is 5.10. The predicted molar refractivity (Wildman–Crippen MR) is 135 cm³/mol. The van der Waals surface area contributed by atoms with Crippen LogP contribution in [0.1, 0.15) is 21.7 Å². The van der Waals surface area contributed by atoms with Crippen molar-refractivity contribution in [3.63, 3.8) is 0 Å². The van der Waals surface area contributed by atoms with E-state index in [0.717, 1.165) is 34.8 Å².